The van der Waals surface area contributed by atoms with E-state index in [-0.39, 0.29) is 11.9 Å². The summed E-state index contributed by atoms with van der Waals surface area (Å²) in [6.07, 6.45) is 1.00. The SMILES string of the molecule is CCCC(C)NC(=O)C(C)OC(=O)c1cc(N)ccc1Br. The zero-order chi connectivity index (χ0) is 16.0. The zero-order valence-electron chi connectivity index (χ0n) is 12.5. The van der Waals surface area contributed by atoms with Gasteiger partial charge < -0.3 is 15.8 Å². The van der Waals surface area contributed by atoms with Crippen molar-refractivity contribution in [3.63, 3.8) is 0 Å². The zero-order valence-corrected chi connectivity index (χ0v) is 14.1. The maximum atomic E-state index is 12.1. The van der Waals surface area contributed by atoms with Crippen molar-refractivity contribution < 1.29 is 14.3 Å². The number of nitrogens with two attached hydrogens (primary N) is 1. The molecule has 1 aromatic carbocycles. The molecule has 1 aromatic rings. The molecule has 116 valence electrons. The summed E-state index contributed by atoms with van der Waals surface area (Å²) in [6, 6.07) is 4.91. The van der Waals surface area contributed by atoms with Crippen molar-refractivity contribution in [2.45, 2.75) is 45.8 Å². The molecule has 1 amide bonds. The standard InChI is InChI=1S/C15H21BrN2O3/c1-4-5-9(2)18-14(19)10(3)21-15(20)12-8-11(17)6-7-13(12)16/h6-10H,4-5,17H2,1-3H3,(H,18,19). The number of rotatable bonds is 6. The van der Waals surface area contributed by atoms with E-state index in [4.69, 9.17) is 10.5 Å². The largest absolute Gasteiger partial charge is 0.449 e. The summed E-state index contributed by atoms with van der Waals surface area (Å²) in [5.41, 5.74) is 6.41. The number of ether oxygens (including phenoxy) is 1. The van der Waals surface area contributed by atoms with Gasteiger partial charge in [0.25, 0.3) is 5.91 Å². The van der Waals surface area contributed by atoms with Crippen LogP contribution in [-0.4, -0.2) is 24.0 Å². The molecular weight excluding hydrogens is 336 g/mol. The van der Waals surface area contributed by atoms with Gasteiger partial charge in [-0.2, -0.15) is 0 Å². The highest BCUT2D eigenvalue weighted by atomic mass is 79.9. The van der Waals surface area contributed by atoms with Crippen molar-refractivity contribution in [1.82, 2.24) is 5.32 Å². The van der Waals surface area contributed by atoms with Crippen LogP contribution in [-0.2, 0) is 9.53 Å². The first-order chi connectivity index (χ1) is 9.85. The lowest BCUT2D eigenvalue weighted by Gasteiger charge is -2.17. The van der Waals surface area contributed by atoms with Crippen LogP contribution in [0.3, 0.4) is 0 Å². The van der Waals surface area contributed by atoms with E-state index in [0.717, 1.165) is 12.8 Å². The molecule has 0 aliphatic heterocycles. The second kappa shape index (κ2) is 8.02. The van der Waals surface area contributed by atoms with Gasteiger partial charge in [-0.05, 0) is 54.4 Å². The lowest BCUT2D eigenvalue weighted by Crippen LogP contribution is -2.40. The number of esters is 1. The quantitative estimate of drug-likeness (QED) is 0.606. The van der Waals surface area contributed by atoms with E-state index in [1.54, 1.807) is 19.1 Å². The van der Waals surface area contributed by atoms with Crippen LogP contribution in [0.1, 0.15) is 44.0 Å². The first-order valence-electron chi connectivity index (χ1n) is 6.91. The Balaban J connectivity index is 2.65. The number of benzene rings is 1. The third kappa shape index (κ3) is 5.38. The molecule has 21 heavy (non-hydrogen) atoms. The predicted octanol–water partition coefficient (Wildman–Crippen LogP) is 2.88. The van der Waals surface area contributed by atoms with Crippen LogP contribution in [0.5, 0.6) is 0 Å². The first-order valence-corrected chi connectivity index (χ1v) is 7.70. The average Bonchev–Trinajstić information content (AvgIpc) is 2.41. The van der Waals surface area contributed by atoms with Gasteiger partial charge in [0.15, 0.2) is 6.10 Å². The molecule has 0 bridgehead atoms. The minimum atomic E-state index is -0.856. The summed E-state index contributed by atoms with van der Waals surface area (Å²) < 4.78 is 5.75. The highest BCUT2D eigenvalue weighted by Crippen LogP contribution is 2.20. The van der Waals surface area contributed by atoms with Crippen LogP contribution in [0.25, 0.3) is 0 Å². The summed E-state index contributed by atoms with van der Waals surface area (Å²) in [5, 5.41) is 2.81. The number of amides is 1. The summed E-state index contributed by atoms with van der Waals surface area (Å²) >= 11 is 3.26. The Morgan fingerprint density at radius 2 is 2.05 bits per heavy atom. The molecule has 0 saturated heterocycles. The van der Waals surface area contributed by atoms with Gasteiger partial charge >= 0.3 is 5.97 Å². The molecule has 0 saturated carbocycles. The molecule has 1 rings (SSSR count). The van der Waals surface area contributed by atoms with Crippen LogP contribution in [0, 0.1) is 0 Å². The minimum absolute atomic E-state index is 0.0581. The highest BCUT2D eigenvalue weighted by molar-refractivity contribution is 9.10. The van der Waals surface area contributed by atoms with Crippen LogP contribution >= 0.6 is 15.9 Å². The molecule has 2 atom stereocenters. The number of nitrogens with one attached hydrogen (secondary N) is 1. The summed E-state index contributed by atoms with van der Waals surface area (Å²) in [7, 11) is 0. The van der Waals surface area contributed by atoms with Crippen LogP contribution in [0.2, 0.25) is 0 Å². The Morgan fingerprint density at radius 1 is 1.38 bits per heavy atom. The van der Waals surface area contributed by atoms with Gasteiger partial charge in [-0.1, -0.05) is 13.3 Å². The molecule has 0 fully saturated rings. The summed E-state index contributed by atoms with van der Waals surface area (Å²) in [6.45, 7) is 5.51. The topological polar surface area (TPSA) is 81.4 Å². The second-order valence-corrected chi connectivity index (χ2v) is 5.84. The highest BCUT2D eigenvalue weighted by Gasteiger charge is 2.21. The van der Waals surface area contributed by atoms with E-state index in [1.807, 2.05) is 13.8 Å². The van der Waals surface area contributed by atoms with Crippen molar-refractivity contribution in [1.29, 1.82) is 0 Å². The fraction of sp³-hybridized carbons (Fsp3) is 0.467. The summed E-state index contributed by atoms with van der Waals surface area (Å²) in [5.74, 6) is -0.885. The van der Waals surface area contributed by atoms with Gasteiger partial charge in [-0.3, -0.25) is 4.79 Å². The molecule has 0 aromatic heterocycles. The number of hydrogen-bond donors (Lipinski definition) is 2. The summed E-state index contributed by atoms with van der Waals surface area (Å²) in [4.78, 5) is 24.0. The number of nitrogen functional groups attached to an aromatic ring is 1. The molecule has 3 N–H and O–H groups in total. The van der Waals surface area contributed by atoms with Crippen molar-refractivity contribution in [2.75, 3.05) is 5.73 Å². The van der Waals surface area contributed by atoms with Gasteiger partial charge in [0.1, 0.15) is 0 Å². The van der Waals surface area contributed by atoms with E-state index in [2.05, 4.69) is 21.2 Å². The second-order valence-electron chi connectivity index (χ2n) is 4.99. The maximum absolute atomic E-state index is 12.1. The van der Waals surface area contributed by atoms with Crippen LogP contribution in [0.15, 0.2) is 22.7 Å². The Bertz CT molecular complexity index is 520. The fourth-order valence-corrected chi connectivity index (χ4v) is 2.25. The minimum Gasteiger partial charge on any atom is -0.449 e. The van der Waals surface area contributed by atoms with Gasteiger partial charge in [0, 0.05) is 16.2 Å². The third-order valence-corrected chi connectivity index (χ3v) is 3.67. The smallest absolute Gasteiger partial charge is 0.340 e. The van der Waals surface area contributed by atoms with Crippen molar-refractivity contribution in [3.05, 3.63) is 28.2 Å². The van der Waals surface area contributed by atoms with Crippen molar-refractivity contribution >= 4 is 33.5 Å². The Labute approximate surface area is 133 Å². The van der Waals surface area contributed by atoms with Gasteiger partial charge in [-0.15, -0.1) is 0 Å². The molecule has 0 aliphatic rings. The lowest BCUT2D eigenvalue weighted by atomic mass is 10.2. The van der Waals surface area contributed by atoms with Gasteiger partial charge in [0.05, 0.1) is 5.56 Å². The number of anilines is 1. The normalized spacial score (nSPS) is 13.3. The van der Waals surface area contributed by atoms with E-state index in [9.17, 15) is 9.59 Å². The number of halogens is 1. The third-order valence-electron chi connectivity index (χ3n) is 2.97. The van der Waals surface area contributed by atoms with Crippen LogP contribution < -0.4 is 11.1 Å². The molecule has 0 spiro atoms. The van der Waals surface area contributed by atoms with Crippen LogP contribution in [0.4, 0.5) is 5.69 Å². The average molecular weight is 357 g/mol. The molecule has 5 nitrogen and oxygen atoms in total. The van der Waals surface area contributed by atoms with E-state index >= 15 is 0 Å². The molecule has 0 aliphatic carbocycles. The molecule has 2 unspecified atom stereocenters. The van der Waals surface area contributed by atoms with Gasteiger partial charge in [0.2, 0.25) is 0 Å². The predicted molar refractivity (Wildman–Crippen MR) is 85.9 cm³/mol. The molecule has 0 radical (unpaired) electrons. The number of carbonyl (C=O) groups excluding carboxylic acids is 2. The first kappa shape index (κ1) is 17.5. The molecular formula is C15H21BrN2O3. The van der Waals surface area contributed by atoms with E-state index in [1.165, 1.54) is 6.07 Å². The van der Waals surface area contributed by atoms with Gasteiger partial charge in [-0.25, -0.2) is 4.79 Å². The van der Waals surface area contributed by atoms with E-state index < -0.39 is 12.1 Å². The maximum Gasteiger partial charge on any atom is 0.340 e. The Morgan fingerprint density at radius 3 is 2.67 bits per heavy atom. The lowest BCUT2D eigenvalue weighted by molar-refractivity contribution is -0.129. The monoisotopic (exact) mass is 356 g/mol. The molecule has 0 heterocycles. The van der Waals surface area contributed by atoms with E-state index in [0.29, 0.717) is 15.7 Å². The number of hydrogen-bond acceptors (Lipinski definition) is 4. The number of carbonyl (C=O) groups is 2. The Hall–Kier alpha value is -1.56. The molecule has 6 heteroatoms. The Kier molecular flexibility index (Phi) is 6.68. The van der Waals surface area contributed by atoms with Crippen molar-refractivity contribution in [3.8, 4) is 0 Å². The van der Waals surface area contributed by atoms with Crippen molar-refractivity contribution in [2.24, 2.45) is 0 Å². The fourth-order valence-electron chi connectivity index (χ4n) is 1.84.